The maximum atomic E-state index is 11.0. The van der Waals surface area contributed by atoms with E-state index in [4.69, 9.17) is 9.84 Å². The van der Waals surface area contributed by atoms with Crippen molar-refractivity contribution in [2.75, 3.05) is 0 Å². The molecule has 26 heavy (non-hydrogen) atoms. The molecule has 4 heteroatoms. The van der Waals surface area contributed by atoms with E-state index >= 15 is 0 Å². The van der Waals surface area contributed by atoms with Crippen LogP contribution in [0.15, 0.2) is 48.5 Å². The largest absolute Gasteiger partial charge is 0.489 e. The summed E-state index contributed by atoms with van der Waals surface area (Å²) in [5, 5.41) is 12.6. The molecule has 2 aromatic carbocycles. The number of ether oxygens (including phenoxy) is 1. The minimum absolute atomic E-state index is 0.155. The molecular weight excluding hydrogens is 326 g/mol. The van der Waals surface area contributed by atoms with Crippen molar-refractivity contribution in [1.29, 1.82) is 0 Å². The lowest BCUT2D eigenvalue weighted by Gasteiger charge is -2.27. The van der Waals surface area contributed by atoms with Crippen LogP contribution in [0, 0.1) is 12.8 Å². The molecule has 0 amide bonds. The molecular formula is C22H27NO3. The quantitative estimate of drug-likeness (QED) is 0.779. The molecule has 3 rings (SSSR count). The summed E-state index contributed by atoms with van der Waals surface area (Å²) in [4.78, 5) is 11.0. The third-order valence-corrected chi connectivity index (χ3v) is 5.08. The normalized spacial score (nSPS) is 19.9. The first-order valence-electron chi connectivity index (χ1n) is 9.33. The molecule has 2 N–H and O–H groups in total. The summed E-state index contributed by atoms with van der Waals surface area (Å²) in [6.45, 7) is 3.46. The Morgan fingerprint density at radius 3 is 2.46 bits per heavy atom. The van der Waals surface area contributed by atoms with Gasteiger partial charge in [-0.05, 0) is 55.9 Å². The maximum Gasteiger partial charge on any atom is 0.306 e. The van der Waals surface area contributed by atoms with Gasteiger partial charge in [0.15, 0.2) is 0 Å². The smallest absolute Gasteiger partial charge is 0.306 e. The van der Waals surface area contributed by atoms with Crippen molar-refractivity contribution in [2.45, 2.75) is 51.8 Å². The van der Waals surface area contributed by atoms with Gasteiger partial charge in [-0.1, -0.05) is 42.0 Å². The van der Waals surface area contributed by atoms with Crippen LogP contribution in [0.2, 0.25) is 0 Å². The van der Waals surface area contributed by atoms with Crippen LogP contribution in [0.4, 0.5) is 0 Å². The molecule has 1 fully saturated rings. The Hall–Kier alpha value is -2.33. The van der Waals surface area contributed by atoms with Gasteiger partial charge in [0.2, 0.25) is 0 Å². The Labute approximate surface area is 155 Å². The Morgan fingerprint density at radius 2 is 1.81 bits per heavy atom. The second-order valence-corrected chi connectivity index (χ2v) is 7.19. The molecule has 0 heterocycles. The number of hydrogen-bond donors (Lipinski definition) is 2. The summed E-state index contributed by atoms with van der Waals surface area (Å²) in [5.41, 5.74) is 3.63. The topological polar surface area (TPSA) is 58.6 Å². The SMILES string of the molecule is Cc1cccc(COc2ccc(CNC3CCC(C(=O)O)CC3)cc2)c1. The Morgan fingerprint density at radius 1 is 1.08 bits per heavy atom. The molecule has 0 aliphatic heterocycles. The number of rotatable bonds is 7. The Balaban J connectivity index is 1.42. The highest BCUT2D eigenvalue weighted by Gasteiger charge is 2.25. The fourth-order valence-corrected chi connectivity index (χ4v) is 3.48. The minimum Gasteiger partial charge on any atom is -0.489 e. The van der Waals surface area contributed by atoms with Crippen molar-refractivity contribution in [2.24, 2.45) is 5.92 Å². The van der Waals surface area contributed by atoms with Crippen molar-refractivity contribution in [1.82, 2.24) is 5.32 Å². The van der Waals surface area contributed by atoms with Crippen LogP contribution in [0.1, 0.15) is 42.4 Å². The van der Waals surface area contributed by atoms with Crippen LogP contribution in [0.3, 0.4) is 0 Å². The maximum absolute atomic E-state index is 11.0. The van der Waals surface area contributed by atoms with Gasteiger partial charge in [0.25, 0.3) is 0 Å². The second-order valence-electron chi connectivity index (χ2n) is 7.19. The summed E-state index contributed by atoms with van der Waals surface area (Å²) in [6, 6.07) is 16.9. The van der Waals surface area contributed by atoms with Gasteiger partial charge in [-0.3, -0.25) is 4.79 Å². The van der Waals surface area contributed by atoms with E-state index < -0.39 is 5.97 Å². The number of benzene rings is 2. The molecule has 1 aliphatic rings. The van der Waals surface area contributed by atoms with Gasteiger partial charge in [0, 0.05) is 12.6 Å². The number of carboxylic acid groups (broad SMARTS) is 1. The zero-order chi connectivity index (χ0) is 18.4. The summed E-state index contributed by atoms with van der Waals surface area (Å²) in [6.07, 6.45) is 3.43. The highest BCUT2D eigenvalue weighted by molar-refractivity contribution is 5.70. The first-order valence-corrected chi connectivity index (χ1v) is 9.33. The Kier molecular flexibility index (Phi) is 6.29. The molecule has 0 radical (unpaired) electrons. The number of carboxylic acids is 1. The number of nitrogens with one attached hydrogen (secondary N) is 1. The lowest BCUT2D eigenvalue weighted by atomic mass is 9.86. The molecule has 4 nitrogen and oxygen atoms in total. The van der Waals surface area contributed by atoms with E-state index in [1.807, 2.05) is 18.2 Å². The minimum atomic E-state index is -0.648. The monoisotopic (exact) mass is 353 g/mol. The first kappa shape index (κ1) is 18.5. The third kappa shape index (κ3) is 5.33. The van der Waals surface area contributed by atoms with Crippen LogP contribution in [0.5, 0.6) is 5.75 Å². The summed E-state index contributed by atoms with van der Waals surface area (Å²) >= 11 is 0. The molecule has 138 valence electrons. The number of carbonyl (C=O) groups is 1. The number of aliphatic carboxylic acids is 1. The zero-order valence-electron chi connectivity index (χ0n) is 15.3. The van der Waals surface area contributed by atoms with Gasteiger partial charge < -0.3 is 15.2 Å². The fourth-order valence-electron chi connectivity index (χ4n) is 3.48. The van der Waals surface area contributed by atoms with Gasteiger partial charge in [-0.25, -0.2) is 0 Å². The van der Waals surface area contributed by atoms with Crippen molar-refractivity contribution in [3.05, 3.63) is 65.2 Å². The predicted octanol–water partition coefficient (Wildman–Crippen LogP) is 4.31. The second kappa shape index (κ2) is 8.86. The van der Waals surface area contributed by atoms with Crippen LogP contribution >= 0.6 is 0 Å². The highest BCUT2D eigenvalue weighted by Crippen LogP contribution is 2.24. The van der Waals surface area contributed by atoms with Gasteiger partial charge in [0.1, 0.15) is 12.4 Å². The summed E-state index contributed by atoms with van der Waals surface area (Å²) in [7, 11) is 0. The van der Waals surface area contributed by atoms with Crippen LogP contribution in [-0.4, -0.2) is 17.1 Å². The van der Waals surface area contributed by atoms with Gasteiger partial charge in [-0.15, -0.1) is 0 Å². The molecule has 0 unspecified atom stereocenters. The average molecular weight is 353 g/mol. The fraction of sp³-hybridized carbons (Fsp3) is 0.409. The molecule has 0 aromatic heterocycles. The van der Waals surface area contributed by atoms with E-state index in [2.05, 4.69) is 42.6 Å². The zero-order valence-corrected chi connectivity index (χ0v) is 15.3. The molecule has 0 atom stereocenters. The van der Waals surface area contributed by atoms with Crippen LogP contribution in [0.25, 0.3) is 0 Å². The third-order valence-electron chi connectivity index (χ3n) is 5.08. The summed E-state index contributed by atoms with van der Waals surface area (Å²) < 4.78 is 5.85. The van der Waals surface area contributed by atoms with Crippen molar-refractivity contribution in [3.63, 3.8) is 0 Å². The lowest BCUT2D eigenvalue weighted by Crippen LogP contribution is -2.34. The Bertz CT molecular complexity index is 718. The van der Waals surface area contributed by atoms with E-state index in [9.17, 15) is 4.79 Å². The standard InChI is InChI=1S/C22H27NO3/c1-16-3-2-4-18(13-16)15-26-21-11-5-17(6-12-21)14-23-20-9-7-19(8-10-20)22(24)25/h2-6,11-13,19-20,23H,7-10,14-15H2,1H3,(H,24,25). The van der Waals surface area contributed by atoms with Gasteiger partial charge in [-0.2, -0.15) is 0 Å². The predicted molar refractivity (Wildman–Crippen MR) is 102 cm³/mol. The lowest BCUT2D eigenvalue weighted by molar-refractivity contribution is -0.142. The van der Waals surface area contributed by atoms with E-state index in [0.29, 0.717) is 12.6 Å². The van der Waals surface area contributed by atoms with E-state index in [0.717, 1.165) is 38.0 Å². The number of aryl methyl sites for hydroxylation is 1. The average Bonchev–Trinajstić information content (AvgIpc) is 2.66. The highest BCUT2D eigenvalue weighted by atomic mass is 16.5. The van der Waals surface area contributed by atoms with E-state index in [1.165, 1.54) is 16.7 Å². The van der Waals surface area contributed by atoms with Gasteiger partial charge >= 0.3 is 5.97 Å². The van der Waals surface area contributed by atoms with Gasteiger partial charge in [0.05, 0.1) is 5.92 Å². The van der Waals surface area contributed by atoms with Crippen LogP contribution in [-0.2, 0) is 17.9 Å². The van der Waals surface area contributed by atoms with Crippen molar-refractivity contribution in [3.8, 4) is 5.75 Å². The van der Waals surface area contributed by atoms with Crippen molar-refractivity contribution < 1.29 is 14.6 Å². The summed E-state index contributed by atoms with van der Waals surface area (Å²) in [5.74, 6) is 0.0693. The number of hydrogen-bond acceptors (Lipinski definition) is 3. The molecule has 1 aliphatic carbocycles. The first-order chi connectivity index (χ1) is 12.6. The molecule has 0 bridgehead atoms. The molecule has 2 aromatic rings. The van der Waals surface area contributed by atoms with E-state index in [-0.39, 0.29) is 5.92 Å². The molecule has 0 spiro atoms. The molecule has 0 saturated heterocycles. The van der Waals surface area contributed by atoms with Crippen LogP contribution < -0.4 is 10.1 Å². The van der Waals surface area contributed by atoms with Crippen molar-refractivity contribution >= 4 is 5.97 Å². The van der Waals surface area contributed by atoms with E-state index in [1.54, 1.807) is 0 Å². The molecule has 1 saturated carbocycles.